The van der Waals surface area contributed by atoms with E-state index in [1.165, 1.54) is 5.56 Å². The van der Waals surface area contributed by atoms with E-state index in [0.29, 0.717) is 6.42 Å². The predicted molar refractivity (Wildman–Crippen MR) is 115 cm³/mol. The highest BCUT2D eigenvalue weighted by atomic mass is 16.3. The van der Waals surface area contributed by atoms with E-state index >= 15 is 0 Å². The maximum Gasteiger partial charge on any atom is 0.223 e. The van der Waals surface area contributed by atoms with E-state index in [1.807, 2.05) is 25.1 Å². The van der Waals surface area contributed by atoms with Gasteiger partial charge in [0.25, 0.3) is 0 Å². The SMILES string of the molecule is CC1(O)CCN(CCCc2ccccc2)C(c2ccccc2)C1NC(=O)C1CC1. The van der Waals surface area contributed by atoms with Crippen LogP contribution in [-0.2, 0) is 11.2 Å². The van der Waals surface area contributed by atoms with Crippen LogP contribution in [0.3, 0.4) is 0 Å². The maximum atomic E-state index is 12.6. The fourth-order valence-corrected chi connectivity index (χ4v) is 4.50. The van der Waals surface area contributed by atoms with Crippen molar-refractivity contribution in [2.24, 2.45) is 5.92 Å². The molecule has 0 radical (unpaired) electrons. The molecule has 2 aromatic carbocycles. The Morgan fingerprint density at radius 2 is 1.76 bits per heavy atom. The van der Waals surface area contributed by atoms with Crippen LogP contribution in [0.1, 0.15) is 49.8 Å². The summed E-state index contributed by atoms with van der Waals surface area (Å²) in [6.45, 7) is 3.65. The van der Waals surface area contributed by atoms with Crippen molar-refractivity contribution in [3.63, 3.8) is 0 Å². The highest BCUT2D eigenvalue weighted by Crippen LogP contribution is 2.38. The van der Waals surface area contributed by atoms with Crippen LogP contribution >= 0.6 is 0 Å². The Kier molecular flexibility index (Phi) is 6.02. The van der Waals surface area contributed by atoms with Gasteiger partial charge in [-0.1, -0.05) is 60.7 Å². The van der Waals surface area contributed by atoms with E-state index in [4.69, 9.17) is 0 Å². The molecule has 2 fully saturated rings. The van der Waals surface area contributed by atoms with E-state index in [1.54, 1.807) is 0 Å². The summed E-state index contributed by atoms with van der Waals surface area (Å²) >= 11 is 0. The molecule has 0 aromatic heterocycles. The van der Waals surface area contributed by atoms with E-state index in [-0.39, 0.29) is 23.9 Å². The quantitative estimate of drug-likeness (QED) is 0.755. The highest BCUT2D eigenvalue weighted by Gasteiger charge is 2.47. The van der Waals surface area contributed by atoms with Gasteiger partial charge in [-0.05, 0) is 56.7 Å². The largest absolute Gasteiger partial charge is 0.388 e. The van der Waals surface area contributed by atoms with Crippen molar-refractivity contribution >= 4 is 5.91 Å². The predicted octanol–water partition coefficient (Wildman–Crippen LogP) is 3.71. The number of aliphatic hydroxyl groups is 1. The van der Waals surface area contributed by atoms with Gasteiger partial charge < -0.3 is 10.4 Å². The topological polar surface area (TPSA) is 52.6 Å². The number of amides is 1. The summed E-state index contributed by atoms with van der Waals surface area (Å²) in [6, 6.07) is 20.6. The van der Waals surface area contributed by atoms with Crippen LogP contribution in [0.25, 0.3) is 0 Å². The zero-order chi connectivity index (χ0) is 20.3. The maximum absolute atomic E-state index is 12.6. The summed E-state index contributed by atoms with van der Waals surface area (Å²) in [5.41, 5.74) is 1.60. The number of likely N-dealkylation sites (tertiary alicyclic amines) is 1. The minimum absolute atomic E-state index is 0.0153. The number of carbonyl (C=O) groups excluding carboxylic acids is 1. The lowest BCUT2D eigenvalue weighted by molar-refractivity contribution is -0.129. The van der Waals surface area contributed by atoms with Crippen molar-refractivity contribution in [1.29, 1.82) is 0 Å². The first kappa shape index (κ1) is 20.1. The molecule has 4 rings (SSSR count). The average molecular weight is 393 g/mol. The molecule has 154 valence electrons. The number of benzene rings is 2. The van der Waals surface area contributed by atoms with Gasteiger partial charge in [-0.15, -0.1) is 0 Å². The second-order valence-corrected chi connectivity index (χ2v) is 8.85. The van der Waals surface area contributed by atoms with Crippen molar-refractivity contribution in [3.8, 4) is 0 Å². The molecule has 0 spiro atoms. The molecule has 1 saturated carbocycles. The Morgan fingerprint density at radius 3 is 2.41 bits per heavy atom. The van der Waals surface area contributed by atoms with Crippen LogP contribution in [0, 0.1) is 5.92 Å². The molecule has 4 nitrogen and oxygen atoms in total. The van der Waals surface area contributed by atoms with Crippen LogP contribution in [0.2, 0.25) is 0 Å². The van der Waals surface area contributed by atoms with Crippen molar-refractivity contribution in [3.05, 3.63) is 71.8 Å². The third-order valence-corrected chi connectivity index (χ3v) is 6.42. The van der Waals surface area contributed by atoms with Gasteiger partial charge in [0.2, 0.25) is 5.91 Å². The molecule has 1 aliphatic carbocycles. The third kappa shape index (κ3) is 4.88. The summed E-state index contributed by atoms with van der Waals surface area (Å²) in [5.74, 6) is 0.234. The van der Waals surface area contributed by atoms with Gasteiger partial charge in [0.05, 0.1) is 17.7 Å². The van der Waals surface area contributed by atoms with Crippen molar-refractivity contribution < 1.29 is 9.90 Å². The molecule has 2 aromatic rings. The number of rotatable bonds is 7. The molecule has 3 atom stereocenters. The van der Waals surface area contributed by atoms with Gasteiger partial charge in [-0.3, -0.25) is 9.69 Å². The Hall–Kier alpha value is -2.17. The first-order valence-electron chi connectivity index (χ1n) is 10.9. The van der Waals surface area contributed by atoms with E-state index < -0.39 is 5.60 Å². The number of hydrogen-bond donors (Lipinski definition) is 2. The standard InChI is InChI=1S/C25H32N2O2/c1-25(29)16-18-27(17-8-11-19-9-4-2-5-10-19)22(20-12-6-3-7-13-20)23(25)26-24(28)21-14-15-21/h2-7,9-10,12-13,21-23,29H,8,11,14-18H2,1H3,(H,26,28). The van der Waals surface area contributed by atoms with Crippen LogP contribution < -0.4 is 5.32 Å². The lowest BCUT2D eigenvalue weighted by Gasteiger charge is -2.49. The lowest BCUT2D eigenvalue weighted by atomic mass is 9.79. The van der Waals surface area contributed by atoms with Gasteiger partial charge in [-0.25, -0.2) is 0 Å². The molecular formula is C25H32N2O2. The van der Waals surface area contributed by atoms with Crippen LogP contribution in [0.15, 0.2) is 60.7 Å². The molecule has 4 heteroatoms. The molecule has 2 aliphatic rings. The minimum Gasteiger partial charge on any atom is -0.388 e. The summed E-state index contributed by atoms with van der Waals surface area (Å²) in [4.78, 5) is 15.1. The van der Waals surface area contributed by atoms with Crippen molar-refractivity contribution in [1.82, 2.24) is 10.2 Å². The zero-order valence-corrected chi connectivity index (χ0v) is 17.3. The molecular weight excluding hydrogens is 360 g/mol. The second-order valence-electron chi connectivity index (χ2n) is 8.85. The first-order chi connectivity index (χ1) is 14.0. The zero-order valence-electron chi connectivity index (χ0n) is 17.3. The number of aryl methyl sites for hydroxylation is 1. The summed E-state index contributed by atoms with van der Waals surface area (Å²) < 4.78 is 0. The number of nitrogens with zero attached hydrogens (tertiary/aromatic N) is 1. The Balaban J connectivity index is 1.53. The first-order valence-corrected chi connectivity index (χ1v) is 10.9. The van der Waals surface area contributed by atoms with Crippen LogP contribution in [0.5, 0.6) is 0 Å². The normalized spacial score (nSPS) is 27.5. The molecule has 3 unspecified atom stereocenters. The lowest BCUT2D eigenvalue weighted by Crippen LogP contribution is -2.62. The Labute approximate surface area is 173 Å². The molecule has 0 bridgehead atoms. The minimum atomic E-state index is -0.916. The monoisotopic (exact) mass is 392 g/mol. The molecule has 1 aliphatic heterocycles. The summed E-state index contributed by atoms with van der Waals surface area (Å²) in [7, 11) is 0. The van der Waals surface area contributed by atoms with Crippen molar-refractivity contribution in [2.45, 2.75) is 56.7 Å². The fourth-order valence-electron chi connectivity index (χ4n) is 4.50. The van der Waals surface area contributed by atoms with E-state index in [2.05, 4.69) is 52.7 Å². The molecule has 1 heterocycles. The highest BCUT2D eigenvalue weighted by molar-refractivity contribution is 5.81. The van der Waals surface area contributed by atoms with Crippen LogP contribution in [-0.4, -0.2) is 40.6 Å². The average Bonchev–Trinajstić information content (AvgIpc) is 3.57. The number of nitrogens with one attached hydrogen (secondary N) is 1. The number of carbonyl (C=O) groups is 1. The van der Waals surface area contributed by atoms with Crippen molar-refractivity contribution in [2.75, 3.05) is 13.1 Å². The number of hydrogen-bond acceptors (Lipinski definition) is 3. The third-order valence-electron chi connectivity index (χ3n) is 6.42. The fraction of sp³-hybridized carbons (Fsp3) is 0.480. The Bertz CT molecular complexity index is 802. The van der Waals surface area contributed by atoms with Gasteiger partial charge in [0.1, 0.15) is 0 Å². The Morgan fingerprint density at radius 1 is 1.10 bits per heavy atom. The van der Waals surface area contributed by atoms with E-state index in [0.717, 1.165) is 44.3 Å². The summed E-state index contributed by atoms with van der Waals surface area (Å²) in [6.07, 6.45) is 4.69. The summed E-state index contributed by atoms with van der Waals surface area (Å²) in [5, 5.41) is 14.4. The number of piperidine rings is 1. The molecule has 1 saturated heterocycles. The smallest absolute Gasteiger partial charge is 0.223 e. The van der Waals surface area contributed by atoms with Gasteiger partial charge in [-0.2, -0.15) is 0 Å². The van der Waals surface area contributed by atoms with Crippen LogP contribution in [0.4, 0.5) is 0 Å². The molecule has 2 N–H and O–H groups in total. The van der Waals surface area contributed by atoms with E-state index in [9.17, 15) is 9.90 Å². The van der Waals surface area contributed by atoms with Gasteiger partial charge >= 0.3 is 0 Å². The second kappa shape index (κ2) is 8.68. The molecule has 1 amide bonds. The van der Waals surface area contributed by atoms with Gasteiger partial charge in [0, 0.05) is 12.5 Å². The molecule has 29 heavy (non-hydrogen) atoms. The van der Waals surface area contributed by atoms with Gasteiger partial charge in [0.15, 0.2) is 0 Å².